The van der Waals surface area contributed by atoms with Crippen molar-refractivity contribution in [3.05, 3.63) is 194 Å². The molecule has 0 saturated carbocycles. The average Bonchev–Trinajstić information content (AvgIpc) is 3.22. The maximum absolute atomic E-state index is 2.40. The molecule has 0 aromatic heterocycles. The van der Waals surface area contributed by atoms with Gasteiger partial charge < -0.3 is 0 Å². The van der Waals surface area contributed by atoms with Gasteiger partial charge in [0.2, 0.25) is 0 Å². The second-order valence-corrected chi connectivity index (χ2v) is 14.0. The quantitative estimate of drug-likeness (QED) is 0.131. The molecular weight excluding hydrogens is 625 g/mol. The number of fused-ring (bicyclic) bond motifs is 9. The Morgan fingerprint density at radius 1 is 0.192 bits per heavy atom. The van der Waals surface area contributed by atoms with Crippen LogP contribution in [-0.4, -0.2) is 0 Å². The van der Waals surface area contributed by atoms with E-state index >= 15 is 0 Å². The molecule has 0 radical (unpaired) electrons. The lowest BCUT2D eigenvalue weighted by atomic mass is 9.83. The van der Waals surface area contributed by atoms with Gasteiger partial charge in [-0.05, 0) is 133 Å². The van der Waals surface area contributed by atoms with Gasteiger partial charge in [0.25, 0.3) is 0 Å². The minimum atomic E-state index is 1.23. The van der Waals surface area contributed by atoms with Crippen molar-refractivity contribution in [3.63, 3.8) is 0 Å². The van der Waals surface area contributed by atoms with Crippen LogP contribution >= 0.6 is 0 Å². The van der Waals surface area contributed by atoms with Crippen molar-refractivity contribution in [3.8, 4) is 33.4 Å². The molecule has 11 rings (SSSR count). The first-order chi connectivity index (χ1) is 25.8. The second kappa shape index (κ2) is 11.4. The van der Waals surface area contributed by atoms with E-state index < -0.39 is 0 Å². The molecule has 0 bridgehead atoms. The highest BCUT2D eigenvalue weighted by molar-refractivity contribution is 6.26. The Morgan fingerprint density at radius 3 is 1.10 bits per heavy atom. The maximum atomic E-state index is 2.40. The van der Waals surface area contributed by atoms with Gasteiger partial charge in [0.05, 0.1) is 0 Å². The Balaban J connectivity index is 1.13. The van der Waals surface area contributed by atoms with Gasteiger partial charge in [0.1, 0.15) is 0 Å². The molecule has 0 amide bonds. The Labute approximate surface area is 301 Å². The summed E-state index contributed by atoms with van der Waals surface area (Å²) >= 11 is 0. The number of benzene rings is 11. The first kappa shape index (κ1) is 29.0. The molecule has 0 aliphatic heterocycles. The van der Waals surface area contributed by atoms with Crippen LogP contribution in [0.5, 0.6) is 0 Å². The summed E-state index contributed by atoms with van der Waals surface area (Å²) < 4.78 is 0. The summed E-state index contributed by atoms with van der Waals surface area (Å²) in [6, 6.07) is 71.9. The molecule has 0 unspecified atom stereocenters. The SMILES string of the molecule is c1ccc2c(c1)cc(-c1ccc3cc(-c4c5ccccc5c(-c5cc6ccccc6c6ccccc56)c5ccccc45)ccc3c1)c1ccccc12. The van der Waals surface area contributed by atoms with Gasteiger partial charge in [-0.15, -0.1) is 0 Å². The maximum Gasteiger partial charge on any atom is -0.00199 e. The summed E-state index contributed by atoms with van der Waals surface area (Å²) in [6.07, 6.45) is 0. The highest BCUT2D eigenvalue weighted by Gasteiger charge is 2.19. The van der Waals surface area contributed by atoms with Crippen LogP contribution in [0.15, 0.2) is 194 Å². The van der Waals surface area contributed by atoms with E-state index in [-0.39, 0.29) is 0 Å². The summed E-state index contributed by atoms with van der Waals surface area (Å²) in [5.74, 6) is 0. The first-order valence-corrected chi connectivity index (χ1v) is 18.1. The molecule has 0 nitrogen and oxygen atoms in total. The highest BCUT2D eigenvalue weighted by Crippen LogP contribution is 2.47. The normalized spacial score (nSPS) is 11.8. The van der Waals surface area contributed by atoms with Gasteiger partial charge >= 0.3 is 0 Å². The molecule has 0 aliphatic carbocycles. The molecule has 0 N–H and O–H groups in total. The topological polar surface area (TPSA) is 0 Å². The van der Waals surface area contributed by atoms with E-state index in [1.54, 1.807) is 0 Å². The number of rotatable bonds is 3. The fraction of sp³-hybridized carbons (Fsp3) is 0. The van der Waals surface area contributed by atoms with Crippen LogP contribution in [0.4, 0.5) is 0 Å². The molecule has 0 saturated heterocycles. The van der Waals surface area contributed by atoms with Crippen molar-refractivity contribution in [2.75, 3.05) is 0 Å². The van der Waals surface area contributed by atoms with Crippen molar-refractivity contribution < 1.29 is 0 Å². The lowest BCUT2D eigenvalue weighted by Gasteiger charge is -2.20. The summed E-state index contributed by atoms with van der Waals surface area (Å²) in [4.78, 5) is 0. The first-order valence-electron chi connectivity index (χ1n) is 18.1. The van der Waals surface area contributed by atoms with Crippen molar-refractivity contribution in [2.24, 2.45) is 0 Å². The largest absolute Gasteiger partial charge is 0.0616 e. The monoisotopic (exact) mass is 656 g/mol. The fourth-order valence-electron chi connectivity index (χ4n) is 8.85. The Kier molecular flexibility index (Phi) is 6.35. The van der Waals surface area contributed by atoms with Gasteiger partial charge in [-0.25, -0.2) is 0 Å². The van der Waals surface area contributed by atoms with Gasteiger partial charge in [-0.2, -0.15) is 0 Å². The molecule has 11 aromatic carbocycles. The van der Waals surface area contributed by atoms with E-state index in [1.165, 1.54) is 109 Å². The van der Waals surface area contributed by atoms with Crippen molar-refractivity contribution in [1.82, 2.24) is 0 Å². The van der Waals surface area contributed by atoms with Crippen LogP contribution < -0.4 is 0 Å². The summed E-state index contributed by atoms with van der Waals surface area (Å²) in [6.45, 7) is 0. The number of hydrogen-bond acceptors (Lipinski definition) is 0. The minimum absolute atomic E-state index is 1.23. The molecule has 0 fully saturated rings. The highest BCUT2D eigenvalue weighted by atomic mass is 14.2. The zero-order chi connectivity index (χ0) is 34.2. The molecule has 0 aliphatic rings. The van der Waals surface area contributed by atoms with Crippen LogP contribution in [0.3, 0.4) is 0 Å². The van der Waals surface area contributed by atoms with Crippen LogP contribution in [0, 0.1) is 0 Å². The van der Waals surface area contributed by atoms with Crippen molar-refractivity contribution >= 4 is 75.4 Å². The Morgan fingerprint density at radius 2 is 0.558 bits per heavy atom. The predicted molar refractivity (Wildman–Crippen MR) is 225 cm³/mol. The second-order valence-electron chi connectivity index (χ2n) is 14.0. The summed E-state index contributed by atoms with van der Waals surface area (Å²) in [5.41, 5.74) is 7.61. The van der Waals surface area contributed by atoms with Crippen molar-refractivity contribution in [2.45, 2.75) is 0 Å². The third kappa shape index (κ3) is 4.35. The van der Waals surface area contributed by atoms with Crippen molar-refractivity contribution in [1.29, 1.82) is 0 Å². The van der Waals surface area contributed by atoms with E-state index in [2.05, 4.69) is 194 Å². The summed E-state index contributed by atoms with van der Waals surface area (Å²) in [7, 11) is 0. The lowest BCUT2D eigenvalue weighted by molar-refractivity contribution is 1.68. The molecule has 240 valence electrons. The lowest BCUT2D eigenvalue weighted by Crippen LogP contribution is -1.92. The van der Waals surface area contributed by atoms with Gasteiger partial charge in [0, 0.05) is 0 Å². The summed E-state index contributed by atoms with van der Waals surface area (Å²) in [5, 5.41) is 17.8. The Hall–Kier alpha value is -6.76. The predicted octanol–water partition coefficient (Wildman–Crippen LogP) is 14.8. The van der Waals surface area contributed by atoms with Gasteiger partial charge in [0.15, 0.2) is 0 Å². The van der Waals surface area contributed by atoms with E-state index in [0.717, 1.165) is 0 Å². The number of hydrogen-bond donors (Lipinski definition) is 0. The molecular formula is C52H32. The van der Waals surface area contributed by atoms with E-state index in [9.17, 15) is 0 Å². The smallest absolute Gasteiger partial charge is 0.00199 e. The zero-order valence-corrected chi connectivity index (χ0v) is 28.5. The van der Waals surface area contributed by atoms with Crippen LogP contribution in [-0.2, 0) is 0 Å². The zero-order valence-electron chi connectivity index (χ0n) is 28.5. The van der Waals surface area contributed by atoms with Crippen LogP contribution in [0.25, 0.3) is 109 Å². The molecule has 0 heterocycles. The van der Waals surface area contributed by atoms with Crippen LogP contribution in [0.1, 0.15) is 0 Å². The third-order valence-electron chi connectivity index (χ3n) is 11.2. The molecule has 11 aromatic rings. The van der Waals surface area contributed by atoms with Gasteiger partial charge in [-0.3, -0.25) is 0 Å². The van der Waals surface area contributed by atoms with E-state index in [0.29, 0.717) is 0 Å². The minimum Gasteiger partial charge on any atom is -0.0616 e. The fourth-order valence-corrected chi connectivity index (χ4v) is 8.85. The molecule has 52 heavy (non-hydrogen) atoms. The van der Waals surface area contributed by atoms with Gasteiger partial charge in [-0.1, -0.05) is 170 Å². The van der Waals surface area contributed by atoms with E-state index in [4.69, 9.17) is 0 Å². The van der Waals surface area contributed by atoms with E-state index in [1.807, 2.05) is 0 Å². The standard InChI is InChI=1S/C52H32/c1-3-15-39-35(13-1)31-49(43-19-7-5-17-41(39)43)37-27-25-34-30-38(28-26-33(34)29-37)51-45-21-9-11-23-47(45)52(48-24-12-10-22-46(48)51)50-32-36-14-2-4-16-40(36)42-18-6-8-20-44(42)50/h1-32H. The third-order valence-corrected chi connectivity index (χ3v) is 11.2. The molecule has 0 spiro atoms. The molecule has 0 heteroatoms. The average molecular weight is 657 g/mol. The van der Waals surface area contributed by atoms with Crippen LogP contribution in [0.2, 0.25) is 0 Å². The Bertz CT molecular complexity index is 3180. The molecule has 0 atom stereocenters.